The van der Waals surface area contributed by atoms with Gasteiger partial charge in [-0.2, -0.15) is 18.3 Å². The van der Waals surface area contributed by atoms with E-state index in [-0.39, 0.29) is 36.2 Å². The smallest absolute Gasteiger partial charge is 0.435 e. The summed E-state index contributed by atoms with van der Waals surface area (Å²) < 4.78 is 47.4. The van der Waals surface area contributed by atoms with Crippen molar-refractivity contribution < 1.29 is 27.8 Å². The van der Waals surface area contributed by atoms with Crippen LogP contribution in [0.4, 0.5) is 18.9 Å². The molecular formula is C24H22F3N3O3. The van der Waals surface area contributed by atoms with E-state index in [4.69, 9.17) is 4.74 Å². The van der Waals surface area contributed by atoms with Gasteiger partial charge < -0.3 is 14.7 Å². The van der Waals surface area contributed by atoms with Gasteiger partial charge in [0.15, 0.2) is 5.69 Å². The van der Waals surface area contributed by atoms with E-state index >= 15 is 0 Å². The Morgan fingerprint density at radius 3 is 2.24 bits per heavy atom. The van der Waals surface area contributed by atoms with Crippen LogP contribution >= 0.6 is 0 Å². The fraction of sp³-hybridized carbons (Fsp3) is 0.333. The molecule has 1 saturated carbocycles. The van der Waals surface area contributed by atoms with E-state index in [1.807, 2.05) is 12.1 Å². The summed E-state index contributed by atoms with van der Waals surface area (Å²) in [4.78, 5) is 14.9. The lowest BCUT2D eigenvalue weighted by molar-refractivity contribution is -0.141. The van der Waals surface area contributed by atoms with Crippen molar-refractivity contribution in [2.24, 2.45) is 0 Å². The van der Waals surface area contributed by atoms with Crippen LogP contribution < -0.4 is 9.64 Å². The van der Waals surface area contributed by atoms with Crippen molar-refractivity contribution in [2.75, 3.05) is 25.2 Å². The van der Waals surface area contributed by atoms with Crippen molar-refractivity contribution in [1.29, 1.82) is 0 Å². The van der Waals surface area contributed by atoms with E-state index in [1.54, 1.807) is 36.4 Å². The van der Waals surface area contributed by atoms with Gasteiger partial charge in [0.05, 0.1) is 19.4 Å². The van der Waals surface area contributed by atoms with Gasteiger partial charge in [-0.05, 0) is 61.2 Å². The number of methoxy groups -OCH3 is 1. The van der Waals surface area contributed by atoms with Gasteiger partial charge in [-0.25, -0.2) is 4.68 Å². The third-order valence-electron chi connectivity index (χ3n) is 6.55. The zero-order chi connectivity index (χ0) is 23.4. The second-order valence-corrected chi connectivity index (χ2v) is 8.48. The van der Waals surface area contributed by atoms with E-state index in [1.165, 1.54) is 12.0 Å². The number of hydrogen-bond acceptors (Lipinski definition) is 4. The van der Waals surface area contributed by atoms with Gasteiger partial charge in [0.1, 0.15) is 11.4 Å². The van der Waals surface area contributed by atoms with Gasteiger partial charge in [0.2, 0.25) is 0 Å². The standard InChI is InChI=1S/C24H22F3N3O3/c1-33-18-8-6-17(7-9-18)30-20-19(21(28-30)24(25,26)27)10-13-29(22(20)32)16-4-2-15(3-5-16)23(14-31)11-12-23/h2-9,31H,10-14H2,1H3. The van der Waals surface area contributed by atoms with E-state index in [2.05, 4.69) is 5.10 Å². The molecule has 2 heterocycles. The highest BCUT2D eigenvalue weighted by Gasteiger charge is 2.45. The number of fused-ring (bicyclic) bond motifs is 1. The third kappa shape index (κ3) is 3.56. The van der Waals surface area contributed by atoms with Crippen molar-refractivity contribution >= 4 is 11.6 Å². The van der Waals surface area contributed by atoms with Crippen molar-refractivity contribution in [3.63, 3.8) is 0 Å². The summed E-state index contributed by atoms with van der Waals surface area (Å²) in [7, 11) is 1.49. The Labute approximate surface area is 188 Å². The molecule has 1 amide bonds. The molecule has 1 aromatic heterocycles. The predicted molar refractivity (Wildman–Crippen MR) is 115 cm³/mol. The van der Waals surface area contributed by atoms with Gasteiger partial charge >= 0.3 is 6.18 Å². The molecule has 0 saturated heterocycles. The molecule has 1 N–H and O–H groups in total. The first-order valence-electron chi connectivity index (χ1n) is 10.6. The maximum Gasteiger partial charge on any atom is 0.435 e. The number of rotatable bonds is 5. The fourth-order valence-corrected chi connectivity index (χ4v) is 4.43. The number of aliphatic hydroxyl groups is 1. The molecule has 172 valence electrons. The maximum absolute atomic E-state index is 13.7. The molecule has 33 heavy (non-hydrogen) atoms. The van der Waals surface area contributed by atoms with Crippen molar-refractivity contribution in [3.8, 4) is 11.4 Å². The van der Waals surface area contributed by atoms with Crippen molar-refractivity contribution in [3.05, 3.63) is 71.0 Å². The zero-order valence-electron chi connectivity index (χ0n) is 17.9. The number of anilines is 1. The topological polar surface area (TPSA) is 67.6 Å². The summed E-state index contributed by atoms with van der Waals surface area (Å²) in [5, 5.41) is 13.5. The summed E-state index contributed by atoms with van der Waals surface area (Å²) in [5.41, 5.74) is 0.527. The Balaban J connectivity index is 1.55. The van der Waals surface area contributed by atoms with Crippen LogP contribution in [0.5, 0.6) is 5.75 Å². The average molecular weight is 457 g/mol. The number of aromatic nitrogens is 2. The minimum atomic E-state index is -4.67. The first-order chi connectivity index (χ1) is 15.8. The Morgan fingerprint density at radius 2 is 1.70 bits per heavy atom. The fourth-order valence-electron chi connectivity index (χ4n) is 4.43. The van der Waals surface area contributed by atoms with E-state index in [9.17, 15) is 23.1 Å². The normalized spacial score (nSPS) is 17.1. The Morgan fingerprint density at radius 1 is 1.06 bits per heavy atom. The summed E-state index contributed by atoms with van der Waals surface area (Å²) >= 11 is 0. The van der Waals surface area contributed by atoms with Crippen LogP contribution in [0.3, 0.4) is 0 Å². The molecule has 0 unspecified atom stereocenters. The summed E-state index contributed by atoms with van der Waals surface area (Å²) in [6.45, 7) is 0.188. The number of amides is 1. The maximum atomic E-state index is 13.7. The van der Waals surface area contributed by atoms with Gasteiger partial charge in [-0.3, -0.25) is 4.79 Å². The van der Waals surface area contributed by atoms with Crippen molar-refractivity contribution in [1.82, 2.24) is 9.78 Å². The monoisotopic (exact) mass is 457 g/mol. The van der Waals surface area contributed by atoms with Crippen LogP contribution in [0.25, 0.3) is 5.69 Å². The Kier molecular flexibility index (Phi) is 4.97. The van der Waals surface area contributed by atoms with Gasteiger partial charge in [0, 0.05) is 23.2 Å². The number of alkyl halides is 3. The lowest BCUT2D eigenvalue weighted by Crippen LogP contribution is -2.39. The molecule has 1 aliphatic heterocycles. The Bertz CT molecular complexity index is 1200. The van der Waals surface area contributed by atoms with Crippen LogP contribution in [-0.2, 0) is 18.0 Å². The number of benzene rings is 2. The summed E-state index contributed by atoms with van der Waals surface area (Å²) in [6, 6.07) is 13.7. The largest absolute Gasteiger partial charge is 0.497 e. The highest BCUT2D eigenvalue weighted by molar-refractivity contribution is 6.07. The first-order valence-corrected chi connectivity index (χ1v) is 10.6. The van der Waals surface area contributed by atoms with Crippen LogP contribution in [0.15, 0.2) is 48.5 Å². The quantitative estimate of drug-likeness (QED) is 0.626. The van der Waals surface area contributed by atoms with Crippen LogP contribution in [0, 0.1) is 0 Å². The molecule has 3 aromatic rings. The lowest BCUT2D eigenvalue weighted by atomic mass is 9.96. The third-order valence-corrected chi connectivity index (χ3v) is 6.55. The number of aliphatic hydroxyl groups excluding tert-OH is 1. The van der Waals surface area contributed by atoms with E-state index < -0.39 is 17.8 Å². The van der Waals surface area contributed by atoms with Gasteiger partial charge in [-0.1, -0.05) is 12.1 Å². The second-order valence-electron chi connectivity index (χ2n) is 8.48. The number of carbonyl (C=O) groups is 1. The molecule has 1 aliphatic carbocycles. The highest BCUT2D eigenvalue weighted by atomic mass is 19.4. The molecule has 9 heteroatoms. The number of nitrogens with zero attached hydrogens (tertiary/aromatic N) is 3. The molecule has 6 nitrogen and oxygen atoms in total. The molecule has 2 aromatic carbocycles. The molecule has 0 radical (unpaired) electrons. The van der Waals surface area contributed by atoms with Crippen molar-refractivity contribution in [2.45, 2.75) is 30.9 Å². The molecule has 2 aliphatic rings. The minimum absolute atomic E-state index is 0.0361. The summed E-state index contributed by atoms with van der Waals surface area (Å²) in [6.07, 6.45) is -2.81. The SMILES string of the molecule is COc1ccc(-n2nc(C(F)(F)F)c3c2C(=O)N(c2ccc(C4(CO)CC4)cc2)CC3)cc1. The highest BCUT2D eigenvalue weighted by Crippen LogP contribution is 2.48. The number of ether oxygens (including phenoxy) is 1. The molecule has 0 atom stereocenters. The van der Waals surface area contributed by atoms with Gasteiger partial charge in [-0.15, -0.1) is 0 Å². The second kappa shape index (κ2) is 7.62. The average Bonchev–Trinajstić information content (AvgIpc) is 3.51. The first kappa shape index (κ1) is 21.5. The molecule has 0 bridgehead atoms. The molecule has 5 rings (SSSR count). The number of hydrogen-bond donors (Lipinski definition) is 1. The molecule has 0 spiro atoms. The minimum Gasteiger partial charge on any atom is -0.497 e. The van der Waals surface area contributed by atoms with Crippen LogP contribution in [0.1, 0.15) is 40.2 Å². The Hall–Kier alpha value is -3.33. The summed E-state index contributed by atoms with van der Waals surface area (Å²) in [5.74, 6) is 0.00582. The predicted octanol–water partition coefficient (Wildman–Crippen LogP) is 4.13. The lowest BCUT2D eigenvalue weighted by Gasteiger charge is -2.28. The van der Waals surface area contributed by atoms with Crippen LogP contribution in [-0.4, -0.2) is 41.1 Å². The molecule has 1 fully saturated rings. The van der Waals surface area contributed by atoms with Crippen LogP contribution in [0.2, 0.25) is 0 Å². The molecular weight excluding hydrogens is 435 g/mol. The van der Waals surface area contributed by atoms with Gasteiger partial charge in [0.25, 0.3) is 5.91 Å². The van der Waals surface area contributed by atoms with E-state index in [0.717, 1.165) is 23.1 Å². The number of halogens is 3. The number of carbonyl (C=O) groups excluding carboxylic acids is 1. The zero-order valence-corrected chi connectivity index (χ0v) is 17.9. The van der Waals surface area contributed by atoms with E-state index in [0.29, 0.717) is 17.1 Å².